The van der Waals surface area contributed by atoms with E-state index in [1.807, 2.05) is 69.4 Å². The first kappa shape index (κ1) is 19.9. The lowest BCUT2D eigenvalue weighted by Gasteiger charge is -2.20. The Morgan fingerprint density at radius 1 is 1.07 bits per heavy atom. The van der Waals surface area contributed by atoms with Crippen molar-refractivity contribution >= 4 is 5.91 Å². The van der Waals surface area contributed by atoms with Crippen LogP contribution in [0.4, 0.5) is 0 Å². The first-order valence-electron chi connectivity index (χ1n) is 9.95. The van der Waals surface area contributed by atoms with Crippen LogP contribution in [-0.2, 0) is 6.54 Å². The van der Waals surface area contributed by atoms with Crippen molar-refractivity contribution in [2.45, 2.75) is 20.4 Å². The predicted octanol–water partition coefficient (Wildman–Crippen LogP) is 4.15. The summed E-state index contributed by atoms with van der Waals surface area (Å²) in [6.07, 6.45) is 0. The molecule has 0 aliphatic carbocycles. The lowest BCUT2D eigenvalue weighted by atomic mass is 10.1. The second-order valence-corrected chi connectivity index (χ2v) is 7.46. The quantitative estimate of drug-likeness (QED) is 0.639. The molecule has 1 aromatic heterocycles. The van der Waals surface area contributed by atoms with Crippen LogP contribution in [0.3, 0.4) is 0 Å². The number of carbonyl (C=O) groups excluding carboxylic acids is 1. The number of ether oxygens (including phenoxy) is 3. The van der Waals surface area contributed by atoms with Crippen molar-refractivity contribution in [2.75, 3.05) is 27.4 Å². The predicted molar refractivity (Wildman–Crippen MR) is 115 cm³/mol. The number of nitrogens with zero attached hydrogens (tertiary/aromatic N) is 2. The molecule has 1 amide bonds. The number of benzene rings is 2. The molecule has 0 N–H and O–H groups in total. The SMILES string of the molecule is COc1cccc(CN(C)C(=O)c2cc(C)n(-c3ccc4c(c3)OCCO4)c2C)c1. The van der Waals surface area contributed by atoms with E-state index in [4.69, 9.17) is 14.2 Å². The van der Waals surface area contributed by atoms with Crippen LogP contribution in [0.15, 0.2) is 48.5 Å². The molecule has 156 valence electrons. The van der Waals surface area contributed by atoms with Crippen molar-refractivity contribution in [2.24, 2.45) is 0 Å². The van der Waals surface area contributed by atoms with Crippen molar-refractivity contribution in [3.05, 3.63) is 71.0 Å². The van der Waals surface area contributed by atoms with Gasteiger partial charge in [0.25, 0.3) is 5.91 Å². The number of aryl methyl sites for hydroxylation is 1. The Balaban J connectivity index is 1.60. The van der Waals surface area contributed by atoms with Crippen molar-refractivity contribution < 1.29 is 19.0 Å². The maximum Gasteiger partial charge on any atom is 0.255 e. The maximum atomic E-state index is 13.2. The van der Waals surface area contributed by atoms with Gasteiger partial charge in [0.2, 0.25) is 0 Å². The molecule has 6 heteroatoms. The summed E-state index contributed by atoms with van der Waals surface area (Å²) in [5, 5.41) is 0. The van der Waals surface area contributed by atoms with Gasteiger partial charge in [-0.1, -0.05) is 12.1 Å². The fraction of sp³-hybridized carbons (Fsp3) is 0.292. The summed E-state index contributed by atoms with van der Waals surface area (Å²) >= 11 is 0. The Bertz CT molecular complexity index is 1090. The fourth-order valence-corrected chi connectivity index (χ4v) is 3.87. The highest BCUT2D eigenvalue weighted by Crippen LogP contribution is 2.33. The molecule has 1 aliphatic heterocycles. The largest absolute Gasteiger partial charge is 0.497 e. The Hall–Kier alpha value is -3.41. The van der Waals surface area contributed by atoms with E-state index in [-0.39, 0.29) is 5.91 Å². The van der Waals surface area contributed by atoms with Gasteiger partial charge in [-0.2, -0.15) is 0 Å². The van der Waals surface area contributed by atoms with Gasteiger partial charge >= 0.3 is 0 Å². The molecule has 2 aromatic carbocycles. The van der Waals surface area contributed by atoms with Gasteiger partial charge in [-0.25, -0.2) is 0 Å². The van der Waals surface area contributed by atoms with Crippen LogP contribution in [0.1, 0.15) is 27.3 Å². The molecule has 1 aliphatic rings. The Morgan fingerprint density at radius 2 is 1.83 bits per heavy atom. The summed E-state index contributed by atoms with van der Waals surface area (Å²) in [5.74, 6) is 2.25. The normalized spacial score (nSPS) is 12.5. The Labute approximate surface area is 176 Å². The Kier molecular flexibility index (Phi) is 5.40. The van der Waals surface area contributed by atoms with E-state index in [2.05, 4.69) is 4.57 Å². The molecule has 30 heavy (non-hydrogen) atoms. The second kappa shape index (κ2) is 8.14. The third kappa shape index (κ3) is 3.73. The number of methoxy groups -OCH3 is 1. The highest BCUT2D eigenvalue weighted by atomic mass is 16.6. The topological polar surface area (TPSA) is 52.9 Å². The first-order chi connectivity index (χ1) is 14.5. The van der Waals surface area contributed by atoms with E-state index < -0.39 is 0 Å². The number of carbonyl (C=O) groups is 1. The van der Waals surface area contributed by atoms with Gasteiger partial charge in [-0.15, -0.1) is 0 Å². The molecular weight excluding hydrogens is 380 g/mol. The van der Waals surface area contributed by atoms with Crippen molar-refractivity contribution in [3.63, 3.8) is 0 Å². The van der Waals surface area contributed by atoms with Crippen LogP contribution >= 0.6 is 0 Å². The molecule has 0 fully saturated rings. The van der Waals surface area contributed by atoms with Crippen LogP contribution in [0.5, 0.6) is 17.2 Å². The van der Waals surface area contributed by atoms with E-state index in [1.165, 1.54) is 0 Å². The lowest BCUT2D eigenvalue weighted by molar-refractivity contribution is 0.0784. The zero-order valence-corrected chi connectivity index (χ0v) is 17.8. The number of fused-ring (bicyclic) bond motifs is 1. The van der Waals surface area contributed by atoms with Crippen molar-refractivity contribution in [1.29, 1.82) is 0 Å². The molecule has 0 atom stereocenters. The third-order valence-corrected chi connectivity index (χ3v) is 5.35. The number of amides is 1. The van der Waals surface area contributed by atoms with E-state index in [9.17, 15) is 4.79 Å². The van der Waals surface area contributed by atoms with Gasteiger partial charge in [0.05, 0.1) is 12.7 Å². The van der Waals surface area contributed by atoms with Crippen LogP contribution < -0.4 is 14.2 Å². The maximum absolute atomic E-state index is 13.2. The molecule has 0 spiro atoms. The minimum absolute atomic E-state index is 0.0188. The van der Waals surface area contributed by atoms with Crippen LogP contribution in [0.25, 0.3) is 5.69 Å². The minimum Gasteiger partial charge on any atom is -0.497 e. The molecule has 0 saturated carbocycles. The monoisotopic (exact) mass is 406 g/mol. The summed E-state index contributed by atoms with van der Waals surface area (Å²) in [4.78, 5) is 14.9. The molecule has 6 nitrogen and oxygen atoms in total. The molecule has 2 heterocycles. The van der Waals surface area contributed by atoms with Gasteiger partial charge in [-0.05, 0) is 49.7 Å². The van der Waals surface area contributed by atoms with Gasteiger partial charge in [0.15, 0.2) is 11.5 Å². The van der Waals surface area contributed by atoms with Crippen molar-refractivity contribution in [3.8, 4) is 22.9 Å². The van der Waals surface area contributed by atoms with Crippen molar-refractivity contribution in [1.82, 2.24) is 9.47 Å². The zero-order chi connectivity index (χ0) is 21.3. The average molecular weight is 406 g/mol. The average Bonchev–Trinajstić information content (AvgIpc) is 3.06. The number of hydrogen-bond acceptors (Lipinski definition) is 4. The first-order valence-corrected chi connectivity index (χ1v) is 9.95. The van der Waals surface area contributed by atoms with Gasteiger partial charge in [-0.3, -0.25) is 4.79 Å². The van der Waals surface area contributed by atoms with Gasteiger partial charge in [0.1, 0.15) is 19.0 Å². The molecule has 3 aromatic rings. The molecule has 0 bridgehead atoms. The summed E-state index contributed by atoms with van der Waals surface area (Å²) < 4.78 is 18.7. The van der Waals surface area contributed by atoms with Gasteiger partial charge < -0.3 is 23.7 Å². The highest BCUT2D eigenvalue weighted by Gasteiger charge is 2.21. The fourth-order valence-electron chi connectivity index (χ4n) is 3.87. The summed E-state index contributed by atoms with van der Waals surface area (Å²) in [6.45, 7) is 5.58. The number of hydrogen-bond donors (Lipinski definition) is 0. The number of rotatable bonds is 5. The van der Waals surface area contributed by atoms with Crippen LogP contribution in [-0.4, -0.2) is 42.7 Å². The molecule has 0 saturated heterocycles. The van der Waals surface area contributed by atoms with E-state index in [0.29, 0.717) is 25.3 Å². The van der Waals surface area contributed by atoms with Crippen LogP contribution in [0, 0.1) is 13.8 Å². The smallest absolute Gasteiger partial charge is 0.255 e. The molecular formula is C24H26N2O4. The van der Waals surface area contributed by atoms with E-state index >= 15 is 0 Å². The molecule has 4 rings (SSSR count). The Morgan fingerprint density at radius 3 is 2.60 bits per heavy atom. The summed E-state index contributed by atoms with van der Waals surface area (Å²) in [6, 6.07) is 15.6. The molecule has 0 unspecified atom stereocenters. The zero-order valence-electron chi connectivity index (χ0n) is 17.8. The second-order valence-electron chi connectivity index (χ2n) is 7.46. The molecule has 0 radical (unpaired) electrons. The van der Waals surface area contributed by atoms with Crippen LogP contribution in [0.2, 0.25) is 0 Å². The third-order valence-electron chi connectivity index (χ3n) is 5.35. The van der Waals surface area contributed by atoms with Gasteiger partial charge in [0, 0.05) is 36.7 Å². The lowest BCUT2D eigenvalue weighted by Crippen LogP contribution is -2.26. The standard InChI is InChI=1S/C24H26N2O4/c1-16-12-21(24(27)25(3)15-18-6-5-7-20(13-18)28-4)17(2)26(16)19-8-9-22-23(14-19)30-11-10-29-22/h5-9,12-14H,10-11,15H2,1-4H3. The number of aromatic nitrogens is 1. The summed E-state index contributed by atoms with van der Waals surface area (Å²) in [7, 11) is 3.46. The minimum atomic E-state index is -0.0188. The van der Waals surface area contributed by atoms with E-state index in [1.54, 1.807) is 12.0 Å². The highest BCUT2D eigenvalue weighted by molar-refractivity contribution is 5.95. The summed E-state index contributed by atoms with van der Waals surface area (Å²) in [5.41, 5.74) is 4.54. The van der Waals surface area contributed by atoms with E-state index in [0.717, 1.165) is 39.9 Å².